The first-order valence-corrected chi connectivity index (χ1v) is 5.58. The van der Waals surface area contributed by atoms with Crippen LogP contribution in [-0.4, -0.2) is 25.0 Å². The number of rotatable bonds is 2. The number of nitrogens with one attached hydrogen (secondary N) is 1. The van der Waals surface area contributed by atoms with E-state index in [9.17, 15) is 0 Å². The summed E-state index contributed by atoms with van der Waals surface area (Å²) < 4.78 is 1.62. The summed E-state index contributed by atoms with van der Waals surface area (Å²) in [5.74, 6) is 0.665. The van der Waals surface area contributed by atoms with Gasteiger partial charge in [-0.3, -0.25) is 0 Å². The summed E-state index contributed by atoms with van der Waals surface area (Å²) in [7, 11) is 1.80. The van der Waals surface area contributed by atoms with Gasteiger partial charge in [0, 0.05) is 12.7 Å². The molecule has 0 spiro atoms. The van der Waals surface area contributed by atoms with Crippen molar-refractivity contribution in [1.29, 1.82) is 0 Å². The van der Waals surface area contributed by atoms with E-state index in [4.69, 9.17) is 0 Å². The molecule has 0 saturated heterocycles. The van der Waals surface area contributed by atoms with Crippen molar-refractivity contribution in [1.82, 2.24) is 25.0 Å². The van der Waals surface area contributed by atoms with Crippen LogP contribution in [0.2, 0.25) is 0 Å². The summed E-state index contributed by atoms with van der Waals surface area (Å²) in [6.07, 6.45) is 1.50. The van der Waals surface area contributed by atoms with Gasteiger partial charge < -0.3 is 5.32 Å². The van der Waals surface area contributed by atoms with Crippen LogP contribution < -0.4 is 5.32 Å². The fraction of sp³-hybridized carbons (Fsp3) is 0.167. The number of anilines is 2. The van der Waals surface area contributed by atoms with Gasteiger partial charge in [0.25, 0.3) is 0 Å². The Morgan fingerprint density at radius 1 is 1.22 bits per heavy atom. The van der Waals surface area contributed by atoms with E-state index in [2.05, 4.69) is 25.6 Å². The van der Waals surface area contributed by atoms with Crippen LogP contribution in [0.15, 0.2) is 30.6 Å². The van der Waals surface area contributed by atoms with Crippen molar-refractivity contribution in [3.05, 3.63) is 36.2 Å². The molecule has 0 aliphatic carbocycles. The second-order valence-electron chi connectivity index (χ2n) is 4.10. The highest BCUT2D eigenvalue weighted by Gasteiger charge is 2.09. The van der Waals surface area contributed by atoms with Crippen LogP contribution in [0, 0.1) is 6.92 Å². The fourth-order valence-electron chi connectivity index (χ4n) is 1.80. The van der Waals surface area contributed by atoms with Crippen molar-refractivity contribution in [3.8, 4) is 0 Å². The summed E-state index contributed by atoms with van der Waals surface area (Å²) in [6, 6.07) is 8.07. The van der Waals surface area contributed by atoms with E-state index in [-0.39, 0.29) is 0 Å². The van der Waals surface area contributed by atoms with Crippen LogP contribution >= 0.6 is 0 Å². The lowest BCUT2D eigenvalue weighted by Crippen LogP contribution is -1.97. The first-order chi connectivity index (χ1) is 8.74. The molecule has 1 N–H and O–H groups in total. The molecule has 0 unspecified atom stereocenters. The molecule has 3 rings (SSSR count). The van der Waals surface area contributed by atoms with E-state index in [1.165, 1.54) is 11.9 Å². The molecule has 0 fully saturated rings. The van der Waals surface area contributed by atoms with E-state index in [1.54, 1.807) is 11.7 Å². The van der Waals surface area contributed by atoms with Crippen LogP contribution in [0.3, 0.4) is 0 Å². The average Bonchev–Trinajstić information content (AvgIpc) is 2.73. The van der Waals surface area contributed by atoms with Gasteiger partial charge in [-0.15, -0.1) is 5.10 Å². The summed E-state index contributed by atoms with van der Waals surface area (Å²) in [5.41, 5.74) is 3.53. The standard InChI is InChI=1S/C12H12N6/c1-8-4-3-5-9(6-8)15-11-10-12(14-7-13-11)18(2)17-16-10/h3-7H,1-2H3,(H,13,14,15). The van der Waals surface area contributed by atoms with Crippen molar-refractivity contribution in [2.75, 3.05) is 5.32 Å². The maximum absolute atomic E-state index is 4.21. The molecule has 2 aromatic heterocycles. The quantitative estimate of drug-likeness (QED) is 0.739. The topological polar surface area (TPSA) is 68.5 Å². The second kappa shape index (κ2) is 4.06. The van der Waals surface area contributed by atoms with Gasteiger partial charge in [0.05, 0.1) is 0 Å². The van der Waals surface area contributed by atoms with Gasteiger partial charge in [-0.1, -0.05) is 17.3 Å². The first-order valence-electron chi connectivity index (χ1n) is 5.58. The second-order valence-corrected chi connectivity index (χ2v) is 4.10. The van der Waals surface area contributed by atoms with Crippen LogP contribution in [0.25, 0.3) is 11.2 Å². The number of aromatic nitrogens is 5. The van der Waals surface area contributed by atoms with E-state index in [1.807, 2.05) is 31.2 Å². The van der Waals surface area contributed by atoms with E-state index in [0.717, 1.165) is 5.69 Å². The number of benzene rings is 1. The Kier molecular flexibility index (Phi) is 2.40. The van der Waals surface area contributed by atoms with E-state index < -0.39 is 0 Å². The van der Waals surface area contributed by atoms with Crippen molar-refractivity contribution in [3.63, 3.8) is 0 Å². The van der Waals surface area contributed by atoms with Crippen LogP contribution in [0.5, 0.6) is 0 Å². The van der Waals surface area contributed by atoms with Crippen LogP contribution in [0.1, 0.15) is 5.56 Å². The third kappa shape index (κ3) is 1.77. The maximum atomic E-state index is 4.21. The molecular formula is C12H12N6. The minimum absolute atomic E-state index is 0.665. The first kappa shape index (κ1) is 10.6. The number of hydrogen-bond donors (Lipinski definition) is 1. The summed E-state index contributed by atoms with van der Waals surface area (Å²) in [4.78, 5) is 8.35. The monoisotopic (exact) mass is 240 g/mol. The van der Waals surface area contributed by atoms with Crippen molar-refractivity contribution >= 4 is 22.7 Å². The molecule has 0 amide bonds. The van der Waals surface area contributed by atoms with Gasteiger partial charge in [-0.25, -0.2) is 14.6 Å². The number of hydrogen-bond acceptors (Lipinski definition) is 5. The average molecular weight is 240 g/mol. The molecular weight excluding hydrogens is 228 g/mol. The molecule has 0 aliphatic heterocycles. The molecule has 6 nitrogen and oxygen atoms in total. The van der Waals surface area contributed by atoms with Crippen molar-refractivity contribution in [2.45, 2.75) is 6.92 Å². The minimum Gasteiger partial charge on any atom is -0.338 e. The Morgan fingerprint density at radius 3 is 2.94 bits per heavy atom. The molecule has 0 radical (unpaired) electrons. The zero-order valence-corrected chi connectivity index (χ0v) is 10.1. The van der Waals surface area contributed by atoms with Crippen LogP contribution in [-0.2, 0) is 7.05 Å². The highest BCUT2D eigenvalue weighted by molar-refractivity contribution is 5.84. The van der Waals surface area contributed by atoms with Gasteiger partial charge in [0.15, 0.2) is 17.0 Å². The Bertz CT molecular complexity index is 703. The summed E-state index contributed by atoms with van der Waals surface area (Å²) in [5, 5.41) is 11.2. The zero-order chi connectivity index (χ0) is 12.5. The number of nitrogens with zero attached hydrogens (tertiary/aromatic N) is 5. The molecule has 6 heteroatoms. The smallest absolute Gasteiger partial charge is 0.183 e. The zero-order valence-electron chi connectivity index (χ0n) is 10.1. The molecule has 0 bridgehead atoms. The van der Waals surface area contributed by atoms with Crippen LogP contribution in [0.4, 0.5) is 11.5 Å². The Morgan fingerprint density at radius 2 is 2.11 bits per heavy atom. The Balaban J connectivity index is 2.05. The minimum atomic E-state index is 0.665. The lowest BCUT2D eigenvalue weighted by atomic mass is 10.2. The number of fused-ring (bicyclic) bond motifs is 1. The fourth-order valence-corrected chi connectivity index (χ4v) is 1.80. The largest absolute Gasteiger partial charge is 0.338 e. The van der Waals surface area contributed by atoms with Gasteiger partial charge in [0.1, 0.15) is 6.33 Å². The summed E-state index contributed by atoms with van der Waals surface area (Å²) >= 11 is 0. The maximum Gasteiger partial charge on any atom is 0.183 e. The third-order valence-electron chi connectivity index (χ3n) is 2.67. The molecule has 0 aliphatic rings. The van der Waals surface area contributed by atoms with E-state index in [0.29, 0.717) is 17.0 Å². The highest BCUT2D eigenvalue weighted by atomic mass is 15.4. The Labute approximate surface area is 104 Å². The van der Waals surface area contributed by atoms with Gasteiger partial charge in [-0.2, -0.15) is 0 Å². The normalized spacial score (nSPS) is 10.8. The summed E-state index contributed by atoms with van der Waals surface area (Å²) in [6.45, 7) is 2.04. The van der Waals surface area contributed by atoms with Gasteiger partial charge in [-0.05, 0) is 24.6 Å². The predicted molar refractivity (Wildman–Crippen MR) is 68.6 cm³/mol. The molecule has 1 aromatic carbocycles. The highest BCUT2D eigenvalue weighted by Crippen LogP contribution is 2.20. The lowest BCUT2D eigenvalue weighted by Gasteiger charge is -2.05. The predicted octanol–water partition coefficient (Wildman–Crippen LogP) is 1.81. The molecule has 90 valence electrons. The molecule has 2 heterocycles. The molecule has 3 aromatic rings. The van der Waals surface area contributed by atoms with Crippen molar-refractivity contribution in [2.24, 2.45) is 7.05 Å². The van der Waals surface area contributed by atoms with E-state index >= 15 is 0 Å². The molecule has 18 heavy (non-hydrogen) atoms. The molecule has 0 atom stereocenters. The van der Waals surface area contributed by atoms with Crippen molar-refractivity contribution < 1.29 is 0 Å². The number of aryl methyl sites for hydroxylation is 2. The lowest BCUT2D eigenvalue weighted by molar-refractivity contribution is 0.729. The SMILES string of the molecule is Cc1cccc(Nc2ncnc3c2nnn3C)c1. The van der Waals surface area contributed by atoms with Gasteiger partial charge in [0.2, 0.25) is 0 Å². The molecule has 0 saturated carbocycles. The third-order valence-corrected chi connectivity index (χ3v) is 2.67. The Hall–Kier alpha value is -2.50. The van der Waals surface area contributed by atoms with Gasteiger partial charge >= 0.3 is 0 Å².